The van der Waals surface area contributed by atoms with Crippen LogP contribution in [0.25, 0.3) is 33.3 Å². The van der Waals surface area contributed by atoms with Gasteiger partial charge in [0.2, 0.25) is 5.89 Å². The predicted molar refractivity (Wildman–Crippen MR) is 108 cm³/mol. The molecule has 3 heteroatoms. The number of rotatable bonds is 6. The van der Waals surface area contributed by atoms with Gasteiger partial charge >= 0.3 is 0 Å². The Kier molecular flexibility index (Phi) is 4.57. The Balaban J connectivity index is 1.84. The van der Waals surface area contributed by atoms with Gasteiger partial charge in [-0.15, -0.1) is 6.58 Å². The smallest absolute Gasteiger partial charge is 0.228 e. The number of allylic oxidation sites excluding steroid dienone is 1. The molecule has 0 fully saturated rings. The zero-order valence-electron chi connectivity index (χ0n) is 13.9. The highest BCUT2D eigenvalue weighted by molar-refractivity contribution is 7.98. The number of thioether (sulfide) groups is 1. The van der Waals surface area contributed by atoms with Gasteiger partial charge in [-0.1, -0.05) is 54.6 Å². The molecule has 124 valence electrons. The zero-order chi connectivity index (χ0) is 17.1. The summed E-state index contributed by atoms with van der Waals surface area (Å²) >= 11 is 1.91. The molecule has 3 aromatic carbocycles. The number of hydrogen-bond acceptors (Lipinski definition) is 3. The van der Waals surface area contributed by atoms with E-state index in [1.54, 1.807) is 0 Å². The number of aromatic nitrogens is 1. The summed E-state index contributed by atoms with van der Waals surface area (Å²) in [5.74, 6) is 2.72. The topological polar surface area (TPSA) is 26.0 Å². The fourth-order valence-corrected chi connectivity index (χ4v) is 3.96. The summed E-state index contributed by atoms with van der Waals surface area (Å²) in [5, 5.41) is 2.40. The highest BCUT2D eigenvalue weighted by atomic mass is 32.2. The van der Waals surface area contributed by atoms with Gasteiger partial charge < -0.3 is 4.42 Å². The molecule has 0 atom stereocenters. The molecule has 0 saturated carbocycles. The summed E-state index contributed by atoms with van der Waals surface area (Å²) in [6, 6.07) is 20.7. The molecule has 0 N–H and O–H groups in total. The molecule has 0 saturated heterocycles. The molecule has 0 aliphatic heterocycles. The number of para-hydroxylation sites is 2. The highest BCUT2D eigenvalue weighted by Gasteiger charge is 2.15. The predicted octanol–water partition coefficient (Wildman–Crippen LogP) is 6.46. The fraction of sp³-hybridized carbons (Fsp3) is 0.136. The van der Waals surface area contributed by atoms with E-state index in [4.69, 9.17) is 9.40 Å². The molecule has 1 aromatic heterocycles. The normalized spacial score (nSPS) is 11.2. The van der Waals surface area contributed by atoms with E-state index >= 15 is 0 Å². The molecule has 1 heterocycles. The van der Waals surface area contributed by atoms with E-state index in [0.29, 0.717) is 5.89 Å². The Hall–Kier alpha value is -2.52. The summed E-state index contributed by atoms with van der Waals surface area (Å²) in [6.07, 6.45) is 2.99. The van der Waals surface area contributed by atoms with Crippen LogP contribution in [0.4, 0.5) is 0 Å². The van der Waals surface area contributed by atoms with Crippen molar-refractivity contribution in [1.82, 2.24) is 4.98 Å². The monoisotopic (exact) mass is 345 g/mol. The Morgan fingerprint density at radius 3 is 2.72 bits per heavy atom. The largest absolute Gasteiger partial charge is 0.436 e. The van der Waals surface area contributed by atoms with Crippen molar-refractivity contribution in [1.29, 1.82) is 0 Å². The van der Waals surface area contributed by atoms with Gasteiger partial charge in [0.15, 0.2) is 5.58 Å². The van der Waals surface area contributed by atoms with Crippen LogP contribution in [0.1, 0.15) is 12.0 Å². The minimum absolute atomic E-state index is 0.706. The van der Waals surface area contributed by atoms with E-state index in [0.717, 1.165) is 34.6 Å². The maximum Gasteiger partial charge on any atom is 0.228 e. The van der Waals surface area contributed by atoms with Gasteiger partial charge in [0.05, 0.1) is 0 Å². The van der Waals surface area contributed by atoms with Gasteiger partial charge in [0.1, 0.15) is 5.52 Å². The third-order valence-electron chi connectivity index (χ3n) is 4.25. The molecule has 2 nitrogen and oxygen atoms in total. The number of oxazole rings is 1. The van der Waals surface area contributed by atoms with Crippen molar-refractivity contribution in [2.45, 2.75) is 12.2 Å². The molecule has 0 amide bonds. The van der Waals surface area contributed by atoms with E-state index in [-0.39, 0.29) is 0 Å². The number of nitrogens with zero attached hydrogens (tertiary/aromatic N) is 1. The minimum Gasteiger partial charge on any atom is -0.436 e. The maximum atomic E-state index is 6.09. The molecule has 0 aliphatic rings. The van der Waals surface area contributed by atoms with Crippen LogP contribution in [-0.4, -0.2) is 10.7 Å². The van der Waals surface area contributed by atoms with E-state index in [2.05, 4.69) is 43.0 Å². The first kappa shape index (κ1) is 16.0. The quantitative estimate of drug-likeness (QED) is 0.296. The average molecular weight is 345 g/mol. The molecule has 0 spiro atoms. The SMILES string of the molecule is C=CCCSCc1ccc2ccccc2c1-c1nc2ccccc2o1. The Labute approximate surface area is 151 Å². The van der Waals surface area contributed by atoms with Gasteiger partial charge in [0.25, 0.3) is 0 Å². The highest BCUT2D eigenvalue weighted by Crippen LogP contribution is 2.35. The first-order chi connectivity index (χ1) is 12.4. The van der Waals surface area contributed by atoms with Crippen LogP contribution in [0, 0.1) is 0 Å². The Morgan fingerprint density at radius 1 is 1.00 bits per heavy atom. The standard InChI is InChI=1S/C22H19NOS/c1-2-3-14-25-15-17-13-12-16-8-4-5-9-18(16)21(17)22-23-19-10-6-7-11-20(19)24-22/h2,4-13H,1,3,14-15H2. The van der Waals surface area contributed by atoms with Gasteiger partial charge in [-0.2, -0.15) is 11.8 Å². The van der Waals surface area contributed by atoms with E-state index in [1.807, 2.05) is 42.1 Å². The van der Waals surface area contributed by atoms with Crippen LogP contribution in [0.3, 0.4) is 0 Å². The van der Waals surface area contributed by atoms with Gasteiger partial charge in [-0.3, -0.25) is 0 Å². The zero-order valence-corrected chi connectivity index (χ0v) is 14.8. The molecule has 4 aromatic rings. The third-order valence-corrected chi connectivity index (χ3v) is 5.29. The van der Waals surface area contributed by atoms with Crippen molar-refractivity contribution >= 4 is 33.6 Å². The average Bonchev–Trinajstić information content (AvgIpc) is 3.08. The summed E-state index contributed by atoms with van der Waals surface area (Å²) in [4.78, 5) is 4.75. The van der Waals surface area contributed by atoms with Crippen molar-refractivity contribution in [3.63, 3.8) is 0 Å². The van der Waals surface area contributed by atoms with Crippen LogP contribution in [-0.2, 0) is 5.75 Å². The Bertz CT molecular complexity index is 1000. The molecular formula is C22H19NOS. The van der Waals surface area contributed by atoms with Crippen molar-refractivity contribution in [2.24, 2.45) is 0 Å². The van der Waals surface area contributed by atoms with Crippen LogP contribution in [0.2, 0.25) is 0 Å². The number of hydrogen-bond donors (Lipinski definition) is 0. The number of fused-ring (bicyclic) bond motifs is 2. The van der Waals surface area contributed by atoms with Crippen molar-refractivity contribution in [3.05, 3.63) is 78.9 Å². The van der Waals surface area contributed by atoms with Crippen molar-refractivity contribution in [2.75, 3.05) is 5.75 Å². The van der Waals surface area contributed by atoms with Crippen LogP contribution < -0.4 is 0 Å². The minimum atomic E-state index is 0.706. The van der Waals surface area contributed by atoms with E-state index in [9.17, 15) is 0 Å². The lowest BCUT2D eigenvalue weighted by atomic mass is 9.99. The third kappa shape index (κ3) is 3.20. The van der Waals surface area contributed by atoms with Gasteiger partial charge in [0, 0.05) is 11.3 Å². The van der Waals surface area contributed by atoms with E-state index < -0.39 is 0 Å². The van der Waals surface area contributed by atoms with Gasteiger partial charge in [-0.25, -0.2) is 4.98 Å². The summed E-state index contributed by atoms with van der Waals surface area (Å²) in [7, 11) is 0. The van der Waals surface area contributed by atoms with Gasteiger partial charge in [-0.05, 0) is 40.6 Å². The number of benzene rings is 3. The molecule has 0 radical (unpaired) electrons. The molecule has 4 rings (SSSR count). The summed E-state index contributed by atoms with van der Waals surface area (Å²) in [6.45, 7) is 3.80. The molecular weight excluding hydrogens is 326 g/mol. The summed E-state index contributed by atoms with van der Waals surface area (Å²) in [5.41, 5.74) is 4.10. The lowest BCUT2D eigenvalue weighted by Crippen LogP contribution is -1.91. The van der Waals surface area contributed by atoms with E-state index in [1.165, 1.54) is 16.3 Å². The second kappa shape index (κ2) is 7.16. The van der Waals surface area contributed by atoms with Crippen LogP contribution in [0.5, 0.6) is 0 Å². The lowest BCUT2D eigenvalue weighted by Gasteiger charge is -2.10. The summed E-state index contributed by atoms with van der Waals surface area (Å²) < 4.78 is 6.09. The van der Waals surface area contributed by atoms with Crippen LogP contribution in [0.15, 0.2) is 77.7 Å². The fourth-order valence-electron chi connectivity index (χ4n) is 3.02. The lowest BCUT2D eigenvalue weighted by molar-refractivity contribution is 0.620. The Morgan fingerprint density at radius 2 is 1.84 bits per heavy atom. The van der Waals surface area contributed by atoms with Crippen LogP contribution >= 0.6 is 11.8 Å². The van der Waals surface area contributed by atoms with Crippen molar-refractivity contribution in [3.8, 4) is 11.5 Å². The second-order valence-electron chi connectivity index (χ2n) is 5.94. The maximum absolute atomic E-state index is 6.09. The van der Waals surface area contributed by atoms with Crippen molar-refractivity contribution < 1.29 is 4.42 Å². The first-order valence-electron chi connectivity index (χ1n) is 8.42. The first-order valence-corrected chi connectivity index (χ1v) is 9.57. The molecule has 25 heavy (non-hydrogen) atoms. The molecule has 0 unspecified atom stereocenters. The second-order valence-corrected chi connectivity index (χ2v) is 7.04. The molecule has 0 bridgehead atoms. The molecule has 0 aliphatic carbocycles.